The van der Waals surface area contributed by atoms with Crippen molar-refractivity contribution in [2.24, 2.45) is 5.73 Å². The summed E-state index contributed by atoms with van der Waals surface area (Å²) in [6.45, 7) is 1.21. The molecule has 3 N–H and O–H groups in total. The van der Waals surface area contributed by atoms with Crippen LogP contribution in [0, 0.1) is 0 Å². The van der Waals surface area contributed by atoms with Gasteiger partial charge in [-0.3, -0.25) is 9.59 Å². The summed E-state index contributed by atoms with van der Waals surface area (Å²) in [7, 11) is 1.75. The molecular weight excluding hydrogens is 322 g/mol. The molecule has 0 radical (unpaired) electrons. The highest BCUT2D eigenvalue weighted by atomic mass is 79.9. The number of nitrogens with two attached hydrogens (primary N) is 1. The van der Waals surface area contributed by atoms with E-state index in [1.807, 2.05) is 24.3 Å². The molecule has 0 heterocycles. The van der Waals surface area contributed by atoms with Gasteiger partial charge in [0, 0.05) is 44.0 Å². The van der Waals surface area contributed by atoms with E-state index in [2.05, 4.69) is 21.2 Å². The van der Waals surface area contributed by atoms with Crippen LogP contribution in [0.4, 0.5) is 0 Å². The Bertz CT molecular complexity index is 465. The van der Waals surface area contributed by atoms with Gasteiger partial charge in [0.2, 0.25) is 11.8 Å². The Morgan fingerprint density at radius 3 is 2.65 bits per heavy atom. The van der Waals surface area contributed by atoms with Crippen molar-refractivity contribution in [3.63, 3.8) is 0 Å². The van der Waals surface area contributed by atoms with Crippen LogP contribution in [-0.2, 0) is 16.1 Å². The maximum Gasteiger partial charge on any atom is 0.224 e. The summed E-state index contributed by atoms with van der Waals surface area (Å²) in [5.41, 5.74) is 6.32. The number of rotatable bonds is 7. The Kier molecular flexibility index (Phi) is 7.25. The predicted molar refractivity (Wildman–Crippen MR) is 81.9 cm³/mol. The van der Waals surface area contributed by atoms with Gasteiger partial charge in [-0.25, -0.2) is 0 Å². The van der Waals surface area contributed by atoms with Gasteiger partial charge in [-0.2, -0.15) is 0 Å². The highest BCUT2D eigenvalue weighted by Crippen LogP contribution is 2.17. The van der Waals surface area contributed by atoms with Crippen LogP contribution in [0.3, 0.4) is 0 Å². The first-order valence-corrected chi connectivity index (χ1v) is 7.28. The fourth-order valence-electron chi connectivity index (χ4n) is 1.69. The SMILES string of the molecule is CN(Cc1ccccc1Br)C(=O)CCNC(=O)CCN. The molecule has 0 aliphatic carbocycles. The van der Waals surface area contributed by atoms with E-state index in [1.165, 1.54) is 0 Å². The topological polar surface area (TPSA) is 75.4 Å². The largest absolute Gasteiger partial charge is 0.356 e. The molecule has 1 rings (SSSR count). The fourth-order valence-corrected chi connectivity index (χ4v) is 2.10. The van der Waals surface area contributed by atoms with E-state index in [1.54, 1.807) is 11.9 Å². The number of amides is 2. The maximum absolute atomic E-state index is 11.9. The van der Waals surface area contributed by atoms with Crippen molar-refractivity contribution in [2.45, 2.75) is 19.4 Å². The molecule has 0 unspecified atom stereocenters. The highest BCUT2D eigenvalue weighted by Gasteiger charge is 2.11. The van der Waals surface area contributed by atoms with E-state index < -0.39 is 0 Å². The van der Waals surface area contributed by atoms with Gasteiger partial charge in [0.15, 0.2) is 0 Å². The summed E-state index contributed by atoms with van der Waals surface area (Å²) < 4.78 is 0.982. The third-order valence-corrected chi connectivity index (χ3v) is 3.60. The second-order valence-electron chi connectivity index (χ2n) is 4.48. The van der Waals surface area contributed by atoms with Crippen LogP contribution in [0.1, 0.15) is 18.4 Å². The summed E-state index contributed by atoms with van der Waals surface area (Å²) in [6, 6.07) is 7.78. The number of nitrogens with one attached hydrogen (secondary N) is 1. The maximum atomic E-state index is 11.9. The molecule has 2 amide bonds. The number of carbonyl (C=O) groups is 2. The molecule has 1 aromatic rings. The van der Waals surface area contributed by atoms with Crippen LogP contribution < -0.4 is 11.1 Å². The summed E-state index contributed by atoms with van der Waals surface area (Å²) in [4.78, 5) is 24.8. The first kappa shape index (κ1) is 16.7. The molecule has 1 aromatic carbocycles. The van der Waals surface area contributed by atoms with Crippen molar-refractivity contribution >= 4 is 27.7 Å². The van der Waals surface area contributed by atoms with E-state index in [4.69, 9.17) is 5.73 Å². The standard InChI is InChI=1S/C14H20BrN3O2/c1-18(10-11-4-2-3-5-12(11)15)14(20)7-9-17-13(19)6-8-16/h2-5H,6-10,16H2,1H3,(H,17,19). The van der Waals surface area contributed by atoms with Gasteiger partial charge in [0.05, 0.1) is 0 Å². The molecule has 20 heavy (non-hydrogen) atoms. The highest BCUT2D eigenvalue weighted by molar-refractivity contribution is 9.10. The number of hydrogen-bond donors (Lipinski definition) is 2. The zero-order valence-electron chi connectivity index (χ0n) is 11.6. The molecule has 0 aromatic heterocycles. The molecule has 0 saturated heterocycles. The van der Waals surface area contributed by atoms with Crippen LogP contribution in [0.2, 0.25) is 0 Å². The van der Waals surface area contributed by atoms with E-state index in [-0.39, 0.29) is 18.2 Å². The summed E-state index contributed by atoms with van der Waals surface area (Å²) >= 11 is 3.46. The number of halogens is 1. The van der Waals surface area contributed by atoms with Crippen molar-refractivity contribution in [3.8, 4) is 0 Å². The minimum Gasteiger partial charge on any atom is -0.356 e. The zero-order valence-corrected chi connectivity index (χ0v) is 13.1. The summed E-state index contributed by atoms with van der Waals surface area (Å²) in [6.07, 6.45) is 0.582. The number of hydrogen-bond acceptors (Lipinski definition) is 3. The molecule has 0 saturated carbocycles. The molecule has 0 fully saturated rings. The second kappa shape index (κ2) is 8.71. The van der Waals surface area contributed by atoms with Crippen molar-refractivity contribution in [2.75, 3.05) is 20.1 Å². The Morgan fingerprint density at radius 1 is 1.30 bits per heavy atom. The second-order valence-corrected chi connectivity index (χ2v) is 5.33. The average molecular weight is 342 g/mol. The van der Waals surface area contributed by atoms with E-state index in [0.29, 0.717) is 26.1 Å². The lowest BCUT2D eigenvalue weighted by molar-refractivity contribution is -0.130. The van der Waals surface area contributed by atoms with Crippen LogP contribution >= 0.6 is 15.9 Å². The van der Waals surface area contributed by atoms with E-state index in [9.17, 15) is 9.59 Å². The van der Waals surface area contributed by atoms with Crippen LogP contribution in [0.15, 0.2) is 28.7 Å². The van der Waals surface area contributed by atoms with Crippen molar-refractivity contribution in [1.29, 1.82) is 0 Å². The Hall–Kier alpha value is -1.40. The first-order chi connectivity index (χ1) is 9.54. The molecule has 0 aliphatic rings. The average Bonchev–Trinajstić information content (AvgIpc) is 2.41. The lowest BCUT2D eigenvalue weighted by Gasteiger charge is -2.18. The lowest BCUT2D eigenvalue weighted by atomic mass is 10.2. The fraction of sp³-hybridized carbons (Fsp3) is 0.429. The van der Waals surface area contributed by atoms with Gasteiger partial charge in [-0.1, -0.05) is 34.1 Å². The molecule has 0 aliphatic heterocycles. The molecule has 0 spiro atoms. The van der Waals surface area contributed by atoms with Gasteiger partial charge in [-0.05, 0) is 11.6 Å². The molecular formula is C14H20BrN3O2. The quantitative estimate of drug-likeness (QED) is 0.783. The van der Waals surface area contributed by atoms with Crippen LogP contribution in [-0.4, -0.2) is 36.9 Å². The van der Waals surface area contributed by atoms with Gasteiger partial charge in [-0.15, -0.1) is 0 Å². The van der Waals surface area contributed by atoms with Crippen molar-refractivity contribution in [3.05, 3.63) is 34.3 Å². The third-order valence-electron chi connectivity index (χ3n) is 2.82. The Labute approximate surface area is 127 Å². The molecule has 110 valence electrons. The first-order valence-electron chi connectivity index (χ1n) is 6.48. The third kappa shape index (κ3) is 5.71. The van der Waals surface area contributed by atoms with Gasteiger partial charge in [0.25, 0.3) is 0 Å². The zero-order chi connectivity index (χ0) is 15.0. The monoisotopic (exact) mass is 341 g/mol. The summed E-state index contributed by atoms with van der Waals surface area (Å²) in [5, 5.41) is 2.67. The minimum absolute atomic E-state index is 0.00574. The van der Waals surface area contributed by atoms with Gasteiger partial charge < -0.3 is 16.0 Å². The lowest BCUT2D eigenvalue weighted by Crippen LogP contribution is -2.32. The number of benzene rings is 1. The summed E-state index contributed by atoms with van der Waals surface area (Å²) in [5.74, 6) is -0.123. The molecule has 6 heteroatoms. The van der Waals surface area contributed by atoms with E-state index in [0.717, 1.165) is 10.0 Å². The van der Waals surface area contributed by atoms with Crippen molar-refractivity contribution < 1.29 is 9.59 Å². The van der Waals surface area contributed by atoms with Gasteiger partial charge >= 0.3 is 0 Å². The normalized spacial score (nSPS) is 10.2. The predicted octanol–water partition coefficient (Wildman–Crippen LogP) is 1.26. The Morgan fingerprint density at radius 2 is 2.00 bits per heavy atom. The molecule has 0 atom stereocenters. The van der Waals surface area contributed by atoms with E-state index >= 15 is 0 Å². The molecule has 0 bridgehead atoms. The van der Waals surface area contributed by atoms with Crippen molar-refractivity contribution in [1.82, 2.24) is 10.2 Å². The Balaban J connectivity index is 2.36. The minimum atomic E-state index is -0.117. The molecule has 5 nitrogen and oxygen atoms in total. The van der Waals surface area contributed by atoms with Gasteiger partial charge in [0.1, 0.15) is 0 Å². The number of carbonyl (C=O) groups excluding carboxylic acids is 2. The number of nitrogens with zero attached hydrogens (tertiary/aromatic N) is 1. The van der Waals surface area contributed by atoms with Crippen LogP contribution in [0.25, 0.3) is 0 Å². The van der Waals surface area contributed by atoms with Crippen LogP contribution in [0.5, 0.6) is 0 Å². The smallest absolute Gasteiger partial charge is 0.224 e.